The predicted molar refractivity (Wildman–Crippen MR) is 83.9 cm³/mol. The summed E-state index contributed by atoms with van der Waals surface area (Å²) >= 11 is 1.49. The van der Waals surface area contributed by atoms with Crippen molar-refractivity contribution in [2.45, 2.75) is 6.10 Å². The second kappa shape index (κ2) is 5.95. The number of anilines is 1. The van der Waals surface area contributed by atoms with Gasteiger partial charge >= 0.3 is 0 Å². The molecule has 1 aliphatic heterocycles. The van der Waals surface area contributed by atoms with Crippen molar-refractivity contribution in [1.82, 2.24) is 9.97 Å². The van der Waals surface area contributed by atoms with E-state index in [1.165, 1.54) is 11.3 Å². The van der Waals surface area contributed by atoms with E-state index in [9.17, 15) is 8.42 Å². The Balaban J connectivity index is 1.56. The van der Waals surface area contributed by atoms with E-state index in [0.29, 0.717) is 19.0 Å². The van der Waals surface area contributed by atoms with Crippen LogP contribution in [0.15, 0.2) is 12.1 Å². The lowest BCUT2D eigenvalue weighted by Crippen LogP contribution is -2.52. The highest BCUT2D eigenvalue weighted by Gasteiger charge is 2.30. The molecule has 8 nitrogen and oxygen atoms in total. The summed E-state index contributed by atoms with van der Waals surface area (Å²) in [7, 11) is -1.88. The zero-order chi connectivity index (χ0) is 15.7. The molecule has 0 spiro atoms. The van der Waals surface area contributed by atoms with E-state index in [4.69, 9.17) is 14.6 Å². The molecule has 0 aromatic carbocycles. The molecule has 120 valence electrons. The van der Waals surface area contributed by atoms with Gasteiger partial charge in [0.2, 0.25) is 15.9 Å². The van der Waals surface area contributed by atoms with Gasteiger partial charge in [-0.05, 0) is 6.07 Å². The molecular formula is C12H16N4O4S2. The van der Waals surface area contributed by atoms with Crippen LogP contribution >= 0.6 is 11.3 Å². The van der Waals surface area contributed by atoms with Gasteiger partial charge in [0.1, 0.15) is 10.3 Å². The van der Waals surface area contributed by atoms with Gasteiger partial charge in [-0.15, -0.1) is 0 Å². The van der Waals surface area contributed by atoms with Crippen LogP contribution in [0.4, 0.5) is 5.13 Å². The molecule has 0 atom stereocenters. The van der Waals surface area contributed by atoms with Crippen molar-refractivity contribution in [2.75, 3.05) is 37.5 Å². The number of thiazole rings is 1. The fourth-order valence-electron chi connectivity index (χ4n) is 2.07. The number of rotatable bonds is 6. The number of hydrogen-bond acceptors (Lipinski definition) is 8. The molecule has 3 heterocycles. The first-order valence-electron chi connectivity index (χ1n) is 6.63. The smallest absolute Gasteiger partial charge is 0.214 e. The van der Waals surface area contributed by atoms with Gasteiger partial charge in [-0.2, -0.15) is 0 Å². The van der Waals surface area contributed by atoms with Gasteiger partial charge < -0.3 is 14.4 Å². The van der Waals surface area contributed by atoms with Gasteiger partial charge in [-0.3, -0.25) is 0 Å². The maximum absolute atomic E-state index is 10.8. The molecule has 0 radical (unpaired) electrons. The lowest BCUT2D eigenvalue weighted by atomic mass is 10.2. The molecule has 0 unspecified atom stereocenters. The van der Waals surface area contributed by atoms with Crippen molar-refractivity contribution in [3.05, 3.63) is 12.1 Å². The fraction of sp³-hybridized carbons (Fsp3) is 0.500. The van der Waals surface area contributed by atoms with Crippen LogP contribution in [-0.2, 0) is 14.8 Å². The largest absolute Gasteiger partial charge is 0.481 e. The summed E-state index contributed by atoms with van der Waals surface area (Å²) in [5, 5.41) is 5.80. The van der Waals surface area contributed by atoms with Crippen LogP contribution in [0.2, 0.25) is 0 Å². The number of sulfonamides is 1. The zero-order valence-electron chi connectivity index (χ0n) is 11.9. The summed E-state index contributed by atoms with van der Waals surface area (Å²) in [6, 6.07) is 3.65. The number of methoxy groups -OCH3 is 1. The Labute approximate surface area is 131 Å². The molecule has 1 aliphatic rings. The van der Waals surface area contributed by atoms with Crippen LogP contribution in [0.25, 0.3) is 10.3 Å². The Hall–Kier alpha value is -1.49. The third kappa shape index (κ3) is 3.46. The van der Waals surface area contributed by atoms with Crippen molar-refractivity contribution < 1.29 is 17.9 Å². The molecule has 3 rings (SSSR count). The van der Waals surface area contributed by atoms with E-state index < -0.39 is 10.0 Å². The van der Waals surface area contributed by atoms with Crippen molar-refractivity contribution in [3.8, 4) is 5.88 Å². The van der Waals surface area contributed by atoms with E-state index in [1.54, 1.807) is 13.2 Å². The monoisotopic (exact) mass is 344 g/mol. The van der Waals surface area contributed by atoms with E-state index in [0.717, 1.165) is 15.5 Å². The average Bonchev–Trinajstić information content (AvgIpc) is 2.81. The lowest BCUT2D eigenvalue weighted by Gasteiger charge is -2.38. The molecular weight excluding hydrogens is 328 g/mol. The SMILES string of the molecule is COc1ccc2nc(N3CC(OCCS(N)(=O)=O)C3)sc2n1. The molecule has 0 amide bonds. The molecule has 2 aromatic heterocycles. The Morgan fingerprint density at radius 1 is 1.41 bits per heavy atom. The van der Waals surface area contributed by atoms with Crippen molar-refractivity contribution in [1.29, 1.82) is 0 Å². The standard InChI is InChI=1S/C12H16N4O4S2/c1-19-10-3-2-9-11(15-10)21-12(14-9)16-6-8(7-16)20-4-5-22(13,17)18/h2-3,8H,4-7H2,1H3,(H2,13,17,18). The minimum absolute atomic E-state index is 0.0104. The molecule has 2 N–H and O–H groups in total. The quantitative estimate of drug-likeness (QED) is 0.797. The molecule has 10 heteroatoms. The summed E-state index contributed by atoms with van der Waals surface area (Å²) in [4.78, 5) is 11.8. The minimum Gasteiger partial charge on any atom is -0.481 e. The van der Waals surface area contributed by atoms with E-state index in [1.807, 2.05) is 6.07 Å². The van der Waals surface area contributed by atoms with Crippen LogP contribution in [0.1, 0.15) is 0 Å². The minimum atomic E-state index is -3.46. The first-order chi connectivity index (χ1) is 10.4. The first-order valence-corrected chi connectivity index (χ1v) is 9.16. The topological polar surface area (TPSA) is 108 Å². The molecule has 0 aliphatic carbocycles. The second-order valence-corrected chi connectivity index (χ2v) is 7.63. The van der Waals surface area contributed by atoms with Crippen molar-refractivity contribution in [2.24, 2.45) is 5.14 Å². The highest BCUT2D eigenvalue weighted by atomic mass is 32.2. The second-order valence-electron chi connectivity index (χ2n) is 4.94. The van der Waals surface area contributed by atoms with Gasteiger partial charge in [0.25, 0.3) is 0 Å². The summed E-state index contributed by atoms with van der Waals surface area (Å²) in [6.07, 6.45) is 0.0104. The Bertz CT molecular complexity index is 771. The lowest BCUT2D eigenvalue weighted by molar-refractivity contribution is 0.0442. The van der Waals surface area contributed by atoms with Crippen molar-refractivity contribution in [3.63, 3.8) is 0 Å². The van der Waals surface area contributed by atoms with Gasteiger partial charge in [0.05, 0.1) is 25.6 Å². The summed E-state index contributed by atoms with van der Waals surface area (Å²) < 4.78 is 32.2. The zero-order valence-corrected chi connectivity index (χ0v) is 13.6. The van der Waals surface area contributed by atoms with Gasteiger partial charge in [0, 0.05) is 19.2 Å². The molecule has 0 bridgehead atoms. The maximum Gasteiger partial charge on any atom is 0.214 e. The number of pyridine rings is 1. The number of hydrogen-bond donors (Lipinski definition) is 1. The van der Waals surface area contributed by atoms with Crippen LogP contribution < -0.4 is 14.8 Å². The maximum atomic E-state index is 10.8. The normalized spacial score (nSPS) is 16.0. The Kier molecular flexibility index (Phi) is 4.17. The highest BCUT2D eigenvalue weighted by Crippen LogP contribution is 2.31. The Morgan fingerprint density at radius 3 is 2.86 bits per heavy atom. The predicted octanol–water partition coefficient (Wildman–Crippen LogP) is 0.194. The van der Waals surface area contributed by atoms with Crippen molar-refractivity contribution >= 4 is 36.8 Å². The molecule has 22 heavy (non-hydrogen) atoms. The fourth-order valence-corrected chi connectivity index (χ4v) is 3.35. The van der Waals surface area contributed by atoms with Gasteiger partial charge in [-0.25, -0.2) is 23.5 Å². The summed E-state index contributed by atoms with van der Waals surface area (Å²) in [6.45, 7) is 1.49. The van der Waals surface area contributed by atoms with Crippen LogP contribution in [0.5, 0.6) is 5.88 Å². The van der Waals surface area contributed by atoms with Crippen LogP contribution in [0.3, 0.4) is 0 Å². The number of nitrogens with zero attached hydrogens (tertiary/aromatic N) is 3. The molecule has 0 saturated carbocycles. The number of nitrogens with two attached hydrogens (primary N) is 1. The number of fused-ring (bicyclic) bond motifs is 1. The summed E-state index contributed by atoms with van der Waals surface area (Å²) in [5.74, 6) is 0.407. The molecule has 1 fully saturated rings. The number of primary sulfonamides is 1. The average molecular weight is 344 g/mol. The van der Waals surface area contributed by atoms with E-state index in [2.05, 4.69) is 14.9 Å². The van der Waals surface area contributed by atoms with E-state index >= 15 is 0 Å². The first kappa shape index (κ1) is 15.4. The van der Waals surface area contributed by atoms with Crippen LogP contribution in [-0.4, -0.2) is 57.0 Å². The van der Waals surface area contributed by atoms with Gasteiger partial charge in [0.15, 0.2) is 5.13 Å². The Morgan fingerprint density at radius 2 is 2.18 bits per heavy atom. The third-order valence-electron chi connectivity index (χ3n) is 3.27. The molecule has 1 saturated heterocycles. The number of aromatic nitrogens is 2. The van der Waals surface area contributed by atoms with Gasteiger partial charge in [-0.1, -0.05) is 11.3 Å². The summed E-state index contributed by atoms with van der Waals surface area (Å²) in [5.41, 5.74) is 0.833. The number of ether oxygens (including phenoxy) is 2. The molecule has 2 aromatic rings. The van der Waals surface area contributed by atoms with E-state index in [-0.39, 0.29) is 18.5 Å². The highest BCUT2D eigenvalue weighted by molar-refractivity contribution is 7.89. The third-order valence-corrected chi connectivity index (χ3v) is 5.03. The van der Waals surface area contributed by atoms with Crippen LogP contribution in [0, 0.1) is 0 Å².